The Morgan fingerprint density at radius 2 is 2.00 bits per heavy atom. The van der Waals surface area contributed by atoms with Gasteiger partial charge in [-0.2, -0.15) is 0 Å². The van der Waals surface area contributed by atoms with Crippen LogP contribution in [0.2, 0.25) is 0 Å². The normalized spacial score (nSPS) is 13.5. The van der Waals surface area contributed by atoms with Gasteiger partial charge in [-0.05, 0) is 45.5 Å². The van der Waals surface area contributed by atoms with Gasteiger partial charge >= 0.3 is 0 Å². The van der Waals surface area contributed by atoms with E-state index in [1.807, 2.05) is 18.2 Å². The summed E-state index contributed by atoms with van der Waals surface area (Å²) in [6, 6.07) is 6.07. The van der Waals surface area contributed by atoms with Gasteiger partial charge in [0.05, 0.1) is 16.5 Å². The van der Waals surface area contributed by atoms with E-state index >= 15 is 0 Å². The van der Waals surface area contributed by atoms with E-state index in [-0.39, 0.29) is 10.8 Å². The van der Waals surface area contributed by atoms with E-state index in [9.17, 15) is 0 Å². The van der Waals surface area contributed by atoms with Crippen LogP contribution in [0.1, 0.15) is 45.1 Å². The first kappa shape index (κ1) is 14.8. The highest BCUT2D eigenvalue weighted by molar-refractivity contribution is 9.10. The third kappa shape index (κ3) is 4.18. The van der Waals surface area contributed by atoms with Gasteiger partial charge in [0, 0.05) is 0 Å². The maximum atomic E-state index is 6.45. The molecule has 1 aromatic rings. The molecule has 0 aliphatic carbocycles. The van der Waals surface area contributed by atoms with Crippen molar-refractivity contribution in [3.05, 3.63) is 28.2 Å². The predicted molar refractivity (Wildman–Crippen MR) is 78.0 cm³/mol. The second-order valence-corrected chi connectivity index (χ2v) is 6.56. The van der Waals surface area contributed by atoms with Gasteiger partial charge < -0.3 is 4.74 Å². The number of benzene rings is 1. The summed E-state index contributed by atoms with van der Waals surface area (Å²) < 4.78 is 6.59. The van der Waals surface area contributed by atoms with Crippen molar-refractivity contribution in [2.75, 3.05) is 6.61 Å². The van der Waals surface area contributed by atoms with Crippen LogP contribution in [-0.4, -0.2) is 6.61 Å². The summed E-state index contributed by atoms with van der Waals surface area (Å²) in [5.74, 6) is 0.883. The molecule has 0 radical (unpaired) electrons. The fourth-order valence-corrected chi connectivity index (χ4v) is 2.15. The quantitative estimate of drug-likeness (QED) is 0.660. The van der Waals surface area contributed by atoms with E-state index in [0.29, 0.717) is 0 Å². The Morgan fingerprint density at radius 1 is 1.35 bits per heavy atom. The zero-order chi connectivity index (χ0) is 13.1. The lowest BCUT2D eigenvalue weighted by Crippen LogP contribution is -2.13. The van der Waals surface area contributed by atoms with Crippen LogP contribution in [0.5, 0.6) is 5.75 Å². The molecule has 0 spiro atoms. The van der Waals surface area contributed by atoms with Crippen molar-refractivity contribution in [2.45, 2.75) is 39.5 Å². The zero-order valence-corrected chi connectivity index (χ0v) is 13.2. The Morgan fingerprint density at radius 3 is 2.47 bits per heavy atom. The van der Waals surface area contributed by atoms with Gasteiger partial charge in [0.1, 0.15) is 5.75 Å². The SMILES string of the molecule is CCCOc1ccc(C(Cl)C(C)(C)C)cc1Br. The van der Waals surface area contributed by atoms with Gasteiger partial charge in [0.2, 0.25) is 0 Å². The monoisotopic (exact) mass is 318 g/mol. The number of hydrogen-bond acceptors (Lipinski definition) is 1. The maximum absolute atomic E-state index is 6.45. The lowest BCUT2D eigenvalue weighted by Gasteiger charge is -2.25. The predicted octanol–water partition coefficient (Wildman–Crippen LogP) is 5.56. The Labute approximate surface area is 118 Å². The topological polar surface area (TPSA) is 9.23 Å². The molecule has 1 atom stereocenters. The highest BCUT2D eigenvalue weighted by atomic mass is 79.9. The summed E-state index contributed by atoms with van der Waals surface area (Å²) in [6.07, 6.45) is 1.01. The molecule has 0 saturated heterocycles. The largest absolute Gasteiger partial charge is 0.492 e. The third-order valence-electron chi connectivity index (χ3n) is 2.47. The summed E-state index contributed by atoms with van der Waals surface area (Å²) in [5.41, 5.74) is 1.17. The summed E-state index contributed by atoms with van der Waals surface area (Å²) >= 11 is 9.98. The first-order valence-electron chi connectivity index (χ1n) is 5.92. The summed E-state index contributed by atoms with van der Waals surface area (Å²) in [6.45, 7) is 9.25. The Balaban J connectivity index is 2.89. The molecule has 0 aliphatic heterocycles. The van der Waals surface area contributed by atoms with E-state index in [4.69, 9.17) is 16.3 Å². The smallest absolute Gasteiger partial charge is 0.133 e. The molecule has 0 N–H and O–H groups in total. The molecule has 0 amide bonds. The van der Waals surface area contributed by atoms with Crippen LogP contribution in [0, 0.1) is 5.41 Å². The van der Waals surface area contributed by atoms with Crippen LogP contribution in [-0.2, 0) is 0 Å². The minimum absolute atomic E-state index is 0.000903. The minimum Gasteiger partial charge on any atom is -0.492 e. The summed E-state index contributed by atoms with van der Waals surface area (Å²) in [4.78, 5) is 0. The molecule has 0 saturated carbocycles. The third-order valence-corrected chi connectivity index (χ3v) is 4.00. The van der Waals surface area contributed by atoms with Crippen LogP contribution >= 0.6 is 27.5 Å². The van der Waals surface area contributed by atoms with Crippen LogP contribution in [0.15, 0.2) is 22.7 Å². The van der Waals surface area contributed by atoms with Gasteiger partial charge in [-0.15, -0.1) is 11.6 Å². The van der Waals surface area contributed by atoms with Crippen LogP contribution in [0.25, 0.3) is 0 Å². The molecule has 0 aromatic heterocycles. The number of hydrogen-bond donors (Lipinski definition) is 0. The standard InChI is InChI=1S/C14H20BrClO/c1-5-8-17-12-7-6-10(9-11(12)15)13(16)14(2,3)4/h6-7,9,13H,5,8H2,1-4H3. The Hall–Kier alpha value is -0.210. The zero-order valence-electron chi connectivity index (χ0n) is 10.9. The minimum atomic E-state index is -0.000903. The first-order chi connectivity index (χ1) is 7.86. The second kappa shape index (κ2) is 6.10. The molecule has 3 heteroatoms. The molecule has 1 unspecified atom stereocenters. The fourth-order valence-electron chi connectivity index (χ4n) is 1.50. The van der Waals surface area contributed by atoms with Crippen molar-refractivity contribution in [2.24, 2.45) is 5.41 Å². The van der Waals surface area contributed by atoms with E-state index in [1.54, 1.807) is 0 Å². The van der Waals surface area contributed by atoms with E-state index < -0.39 is 0 Å². The van der Waals surface area contributed by atoms with Crippen molar-refractivity contribution >= 4 is 27.5 Å². The van der Waals surface area contributed by atoms with Gasteiger partial charge in [0.15, 0.2) is 0 Å². The van der Waals surface area contributed by atoms with Crippen molar-refractivity contribution in [1.82, 2.24) is 0 Å². The molecular weight excluding hydrogens is 300 g/mol. The highest BCUT2D eigenvalue weighted by Crippen LogP contribution is 2.40. The number of halogens is 2. The molecule has 0 aliphatic rings. The molecule has 0 fully saturated rings. The van der Waals surface area contributed by atoms with Gasteiger partial charge in [-0.3, -0.25) is 0 Å². The Kier molecular flexibility index (Phi) is 5.33. The summed E-state index contributed by atoms with van der Waals surface area (Å²) in [7, 11) is 0. The van der Waals surface area contributed by atoms with E-state index in [0.717, 1.165) is 28.8 Å². The number of alkyl halides is 1. The second-order valence-electron chi connectivity index (χ2n) is 5.27. The van der Waals surface area contributed by atoms with Crippen molar-refractivity contribution in [3.8, 4) is 5.75 Å². The average Bonchev–Trinajstić information content (AvgIpc) is 2.25. The molecular formula is C14H20BrClO. The van der Waals surface area contributed by atoms with E-state index in [1.165, 1.54) is 0 Å². The Bertz CT molecular complexity index is 371. The van der Waals surface area contributed by atoms with Crippen molar-refractivity contribution in [1.29, 1.82) is 0 Å². The van der Waals surface area contributed by atoms with Gasteiger partial charge in [-0.25, -0.2) is 0 Å². The fraction of sp³-hybridized carbons (Fsp3) is 0.571. The van der Waals surface area contributed by atoms with Gasteiger partial charge in [0.25, 0.3) is 0 Å². The summed E-state index contributed by atoms with van der Waals surface area (Å²) in [5, 5.41) is -0.000903. The van der Waals surface area contributed by atoms with Gasteiger partial charge in [-0.1, -0.05) is 33.8 Å². The first-order valence-corrected chi connectivity index (χ1v) is 7.15. The van der Waals surface area contributed by atoms with Crippen LogP contribution < -0.4 is 4.74 Å². The average molecular weight is 320 g/mol. The van der Waals surface area contributed by atoms with Crippen LogP contribution in [0.4, 0.5) is 0 Å². The molecule has 0 bridgehead atoms. The van der Waals surface area contributed by atoms with Crippen molar-refractivity contribution < 1.29 is 4.74 Å². The van der Waals surface area contributed by atoms with E-state index in [2.05, 4.69) is 43.6 Å². The molecule has 17 heavy (non-hydrogen) atoms. The maximum Gasteiger partial charge on any atom is 0.133 e. The molecule has 1 aromatic carbocycles. The number of rotatable bonds is 4. The number of ether oxygens (including phenoxy) is 1. The highest BCUT2D eigenvalue weighted by Gasteiger charge is 2.24. The molecule has 1 nitrogen and oxygen atoms in total. The van der Waals surface area contributed by atoms with Crippen molar-refractivity contribution in [3.63, 3.8) is 0 Å². The lowest BCUT2D eigenvalue weighted by atomic mass is 9.87. The molecule has 1 rings (SSSR count). The lowest BCUT2D eigenvalue weighted by molar-refractivity contribution is 0.315. The van der Waals surface area contributed by atoms with Crippen LogP contribution in [0.3, 0.4) is 0 Å². The molecule has 0 heterocycles. The molecule has 96 valence electrons.